The van der Waals surface area contributed by atoms with E-state index in [0.29, 0.717) is 0 Å². The van der Waals surface area contributed by atoms with Gasteiger partial charge in [0.05, 0.1) is 16.7 Å². The number of para-hydroxylation sites is 2. The maximum absolute atomic E-state index is 6.64. The summed E-state index contributed by atoms with van der Waals surface area (Å²) in [5, 5.41) is 9.49. The second-order valence-corrected chi connectivity index (χ2v) is 12.2. The van der Waals surface area contributed by atoms with Crippen molar-refractivity contribution in [3.05, 3.63) is 170 Å². The van der Waals surface area contributed by atoms with Crippen molar-refractivity contribution in [3.63, 3.8) is 0 Å². The monoisotopic (exact) mass is 600 g/mol. The number of nitrogens with zero attached hydrogens (tertiary/aromatic N) is 2. The Morgan fingerprint density at radius 3 is 1.72 bits per heavy atom. The highest BCUT2D eigenvalue weighted by molar-refractivity contribution is 6.15. The summed E-state index contributed by atoms with van der Waals surface area (Å²) in [6, 6.07) is 60.8. The van der Waals surface area contributed by atoms with Gasteiger partial charge in [0.2, 0.25) is 0 Å². The molecule has 0 atom stereocenters. The second-order valence-electron chi connectivity index (χ2n) is 12.2. The smallest absolute Gasteiger partial charge is 0.143 e. The van der Waals surface area contributed by atoms with Crippen LogP contribution in [0.4, 0.5) is 17.1 Å². The van der Waals surface area contributed by atoms with Crippen molar-refractivity contribution in [2.75, 3.05) is 4.90 Å². The Balaban J connectivity index is 1.17. The van der Waals surface area contributed by atoms with E-state index < -0.39 is 0 Å². The van der Waals surface area contributed by atoms with Crippen LogP contribution >= 0.6 is 0 Å². The van der Waals surface area contributed by atoms with Gasteiger partial charge in [-0.3, -0.25) is 0 Å². The quantitative estimate of drug-likeness (QED) is 0.200. The van der Waals surface area contributed by atoms with E-state index in [4.69, 9.17) is 4.42 Å². The summed E-state index contributed by atoms with van der Waals surface area (Å²) in [5.41, 5.74) is 8.58. The summed E-state index contributed by atoms with van der Waals surface area (Å²) in [7, 11) is 0. The lowest BCUT2D eigenvalue weighted by Crippen LogP contribution is -2.10. The first kappa shape index (κ1) is 26.0. The number of fused-ring (bicyclic) bond motifs is 9. The van der Waals surface area contributed by atoms with Gasteiger partial charge in [0.1, 0.15) is 11.2 Å². The van der Waals surface area contributed by atoms with Crippen LogP contribution in [0.15, 0.2) is 174 Å². The average molecular weight is 601 g/mol. The van der Waals surface area contributed by atoms with Crippen LogP contribution in [-0.4, -0.2) is 4.57 Å². The van der Waals surface area contributed by atoms with E-state index >= 15 is 0 Å². The minimum Gasteiger partial charge on any atom is -0.455 e. The number of anilines is 3. The van der Waals surface area contributed by atoms with Crippen molar-refractivity contribution in [1.82, 2.24) is 4.57 Å². The lowest BCUT2D eigenvalue weighted by molar-refractivity contribution is 0.672. The Labute approximate surface area is 271 Å². The lowest BCUT2D eigenvalue weighted by Gasteiger charge is -2.27. The SMILES string of the molecule is c1ccc2c(N(c3ccc(-n4c5ccccc5c5ccccc54)cc3)c3ccc4c(c3)oc3c5ccccc5ccc43)cccc2c1. The topological polar surface area (TPSA) is 21.3 Å². The van der Waals surface area contributed by atoms with Crippen LogP contribution in [0.25, 0.3) is 71.0 Å². The van der Waals surface area contributed by atoms with Crippen LogP contribution in [0.5, 0.6) is 0 Å². The molecule has 220 valence electrons. The van der Waals surface area contributed by atoms with Gasteiger partial charge in [-0.15, -0.1) is 0 Å². The van der Waals surface area contributed by atoms with Gasteiger partial charge in [0, 0.05) is 55.4 Å². The predicted octanol–water partition coefficient (Wildman–Crippen LogP) is 12.5. The number of hydrogen-bond donors (Lipinski definition) is 0. The first-order chi connectivity index (χ1) is 23.3. The summed E-state index contributed by atoms with van der Waals surface area (Å²) in [4.78, 5) is 2.35. The first-order valence-electron chi connectivity index (χ1n) is 16.0. The Bertz CT molecular complexity index is 2740. The Morgan fingerprint density at radius 2 is 0.979 bits per heavy atom. The Hall–Kier alpha value is -6.32. The normalized spacial score (nSPS) is 11.8. The lowest BCUT2D eigenvalue weighted by atomic mass is 10.0. The van der Waals surface area contributed by atoms with E-state index in [2.05, 4.69) is 179 Å². The highest BCUT2D eigenvalue weighted by atomic mass is 16.3. The van der Waals surface area contributed by atoms with Crippen molar-refractivity contribution >= 4 is 82.4 Å². The van der Waals surface area contributed by atoms with E-state index in [-0.39, 0.29) is 0 Å². The highest BCUT2D eigenvalue weighted by Crippen LogP contribution is 2.42. The molecular weight excluding hydrogens is 572 g/mol. The van der Waals surface area contributed by atoms with Gasteiger partial charge in [-0.05, 0) is 71.4 Å². The summed E-state index contributed by atoms with van der Waals surface area (Å²) in [6.45, 7) is 0. The molecule has 0 unspecified atom stereocenters. The van der Waals surface area contributed by atoms with Gasteiger partial charge in [0.25, 0.3) is 0 Å². The summed E-state index contributed by atoms with van der Waals surface area (Å²) < 4.78 is 9.00. The van der Waals surface area contributed by atoms with Crippen molar-refractivity contribution in [2.24, 2.45) is 0 Å². The fourth-order valence-electron chi connectivity index (χ4n) is 7.41. The molecule has 0 amide bonds. The van der Waals surface area contributed by atoms with Gasteiger partial charge < -0.3 is 13.9 Å². The van der Waals surface area contributed by atoms with E-state index in [0.717, 1.165) is 50.1 Å². The van der Waals surface area contributed by atoms with Crippen molar-refractivity contribution < 1.29 is 4.42 Å². The molecule has 0 saturated heterocycles. The molecular formula is C44H28N2O. The fourth-order valence-corrected chi connectivity index (χ4v) is 7.41. The van der Waals surface area contributed by atoms with Crippen LogP contribution in [0.2, 0.25) is 0 Å². The maximum Gasteiger partial charge on any atom is 0.143 e. The number of furan rings is 1. The Kier molecular flexibility index (Phi) is 5.57. The van der Waals surface area contributed by atoms with E-state index in [1.807, 2.05) is 0 Å². The van der Waals surface area contributed by atoms with Gasteiger partial charge in [-0.25, -0.2) is 0 Å². The summed E-state index contributed by atoms with van der Waals surface area (Å²) >= 11 is 0. The Morgan fingerprint density at radius 1 is 0.404 bits per heavy atom. The standard InChI is InChI=1S/C44H28N2O/c1-3-13-34-29(10-1)12-9-19-40(34)45(33-25-27-38-39-26-20-30-11-2-4-14-35(30)44(39)47-43(38)28-33)31-21-23-32(24-22-31)46-41-17-7-5-15-36(41)37-16-6-8-18-42(37)46/h1-28H. The molecule has 0 N–H and O–H groups in total. The molecule has 0 saturated carbocycles. The van der Waals surface area contributed by atoms with Crippen molar-refractivity contribution in [1.29, 1.82) is 0 Å². The molecule has 10 rings (SSSR count). The zero-order valence-corrected chi connectivity index (χ0v) is 25.5. The zero-order chi connectivity index (χ0) is 30.9. The molecule has 0 spiro atoms. The van der Waals surface area contributed by atoms with Crippen molar-refractivity contribution in [3.8, 4) is 5.69 Å². The number of hydrogen-bond acceptors (Lipinski definition) is 2. The summed E-state index contributed by atoms with van der Waals surface area (Å²) in [5.74, 6) is 0. The number of aromatic nitrogens is 1. The molecule has 47 heavy (non-hydrogen) atoms. The molecule has 8 aromatic carbocycles. The molecule has 0 fully saturated rings. The highest BCUT2D eigenvalue weighted by Gasteiger charge is 2.19. The second kappa shape index (κ2) is 10.1. The third-order valence-electron chi connectivity index (χ3n) is 9.56. The average Bonchev–Trinajstić information content (AvgIpc) is 3.68. The van der Waals surface area contributed by atoms with E-state index in [9.17, 15) is 0 Å². The first-order valence-corrected chi connectivity index (χ1v) is 16.0. The molecule has 10 aromatic rings. The molecule has 3 nitrogen and oxygen atoms in total. The molecule has 0 aliphatic carbocycles. The predicted molar refractivity (Wildman–Crippen MR) is 198 cm³/mol. The minimum atomic E-state index is 0.876. The van der Waals surface area contributed by atoms with Crippen LogP contribution in [0.3, 0.4) is 0 Å². The van der Waals surface area contributed by atoms with E-state index in [1.165, 1.54) is 38.0 Å². The molecule has 0 radical (unpaired) electrons. The molecule has 2 aromatic heterocycles. The fraction of sp³-hybridized carbons (Fsp3) is 0. The van der Waals surface area contributed by atoms with Gasteiger partial charge >= 0.3 is 0 Å². The zero-order valence-electron chi connectivity index (χ0n) is 25.5. The molecule has 0 aliphatic heterocycles. The third kappa shape index (κ3) is 3.93. The molecule has 0 bridgehead atoms. The minimum absolute atomic E-state index is 0.876. The van der Waals surface area contributed by atoms with Crippen LogP contribution in [-0.2, 0) is 0 Å². The van der Waals surface area contributed by atoms with Crippen LogP contribution in [0.1, 0.15) is 0 Å². The van der Waals surface area contributed by atoms with Gasteiger partial charge in [0.15, 0.2) is 0 Å². The largest absolute Gasteiger partial charge is 0.455 e. The third-order valence-corrected chi connectivity index (χ3v) is 9.56. The van der Waals surface area contributed by atoms with Gasteiger partial charge in [-0.2, -0.15) is 0 Å². The molecule has 3 heteroatoms. The number of benzene rings is 8. The van der Waals surface area contributed by atoms with E-state index in [1.54, 1.807) is 0 Å². The van der Waals surface area contributed by atoms with Gasteiger partial charge in [-0.1, -0.05) is 103 Å². The summed E-state index contributed by atoms with van der Waals surface area (Å²) in [6.07, 6.45) is 0. The van der Waals surface area contributed by atoms with Crippen LogP contribution < -0.4 is 4.90 Å². The van der Waals surface area contributed by atoms with Crippen LogP contribution in [0, 0.1) is 0 Å². The maximum atomic E-state index is 6.64. The van der Waals surface area contributed by atoms with Crippen molar-refractivity contribution in [2.45, 2.75) is 0 Å². The molecule has 0 aliphatic rings. The molecule has 2 heterocycles. The number of rotatable bonds is 4.